The molecule has 0 aromatic heterocycles. The molecule has 7 heteroatoms. The van der Waals surface area contributed by atoms with E-state index in [0.717, 1.165) is 37.1 Å². The Morgan fingerprint density at radius 3 is 2.33 bits per heavy atom. The third-order valence-corrected chi connectivity index (χ3v) is 6.92. The minimum absolute atomic E-state index is 0.0442. The molecule has 0 heterocycles. The van der Waals surface area contributed by atoms with Crippen LogP contribution in [-0.4, -0.2) is 50.8 Å². The summed E-state index contributed by atoms with van der Waals surface area (Å²) in [7, 11) is 1.66. The zero-order valence-corrected chi connectivity index (χ0v) is 21.3. The molecule has 36 heavy (non-hydrogen) atoms. The van der Waals surface area contributed by atoms with Crippen molar-refractivity contribution in [2.24, 2.45) is 0 Å². The first-order valence-electron chi connectivity index (χ1n) is 12.6. The van der Waals surface area contributed by atoms with E-state index in [0.29, 0.717) is 32.0 Å². The fourth-order valence-electron chi connectivity index (χ4n) is 5.09. The van der Waals surface area contributed by atoms with Gasteiger partial charge < -0.3 is 24.2 Å². The molecule has 0 aliphatic heterocycles. The topological polar surface area (TPSA) is 85.3 Å². The second kappa shape index (κ2) is 11.8. The number of hydrogen-bond donors (Lipinski definition) is 1. The summed E-state index contributed by atoms with van der Waals surface area (Å²) < 4.78 is 17.0. The highest BCUT2D eigenvalue weighted by molar-refractivity contribution is 5.76. The summed E-state index contributed by atoms with van der Waals surface area (Å²) in [5.41, 5.74) is 3.64. The Labute approximate surface area is 211 Å². The Morgan fingerprint density at radius 1 is 0.917 bits per heavy atom. The average molecular weight is 494 g/mol. The van der Waals surface area contributed by atoms with Crippen LogP contribution in [0.4, 0.5) is 11.4 Å². The SMILES string of the molecule is COCCOCCOC1CCCCC1N(c1ccc(-c2c(O)c(=O)c2=O)cc1)c1ccc(C)cc1C. The molecule has 1 saturated carbocycles. The lowest BCUT2D eigenvalue weighted by atomic mass is 9.89. The largest absolute Gasteiger partial charge is 0.503 e. The molecule has 0 spiro atoms. The van der Waals surface area contributed by atoms with Gasteiger partial charge in [0.05, 0.1) is 44.1 Å². The standard InChI is InChI=1S/C29H35NO6/c1-19-8-13-23(20(2)18-19)30(22-11-9-21(10-12-22)26-27(31)29(33)28(26)32)24-6-4-5-7-25(24)36-17-16-35-15-14-34-3/h8-13,18,24-25,31H,4-7,14-17H2,1-3H3. The second-order valence-electron chi connectivity index (χ2n) is 9.45. The van der Waals surface area contributed by atoms with Crippen molar-refractivity contribution in [2.75, 3.05) is 38.4 Å². The summed E-state index contributed by atoms with van der Waals surface area (Å²) in [5, 5.41) is 9.87. The minimum Gasteiger partial charge on any atom is -0.503 e. The molecule has 192 valence electrons. The van der Waals surface area contributed by atoms with Crippen molar-refractivity contribution in [1.29, 1.82) is 0 Å². The van der Waals surface area contributed by atoms with Gasteiger partial charge in [0.15, 0.2) is 5.75 Å². The second-order valence-corrected chi connectivity index (χ2v) is 9.45. The fraction of sp³-hybridized carbons (Fsp3) is 0.448. The Balaban J connectivity index is 1.62. The first-order valence-corrected chi connectivity index (χ1v) is 12.6. The van der Waals surface area contributed by atoms with Crippen LogP contribution in [0.1, 0.15) is 36.8 Å². The van der Waals surface area contributed by atoms with Crippen LogP contribution in [0, 0.1) is 13.8 Å². The van der Waals surface area contributed by atoms with E-state index in [1.165, 1.54) is 11.1 Å². The first kappa shape index (κ1) is 26.1. The molecule has 1 aliphatic carbocycles. The van der Waals surface area contributed by atoms with Gasteiger partial charge in [-0.15, -0.1) is 0 Å². The zero-order valence-electron chi connectivity index (χ0n) is 21.3. The van der Waals surface area contributed by atoms with E-state index in [1.807, 2.05) is 12.1 Å². The molecule has 1 N–H and O–H groups in total. The van der Waals surface area contributed by atoms with Crippen molar-refractivity contribution in [1.82, 2.24) is 0 Å². The molecule has 7 nitrogen and oxygen atoms in total. The summed E-state index contributed by atoms with van der Waals surface area (Å²) in [6, 6.07) is 14.1. The number of benzene rings is 2. The fourth-order valence-corrected chi connectivity index (χ4v) is 5.09. The van der Waals surface area contributed by atoms with E-state index in [2.05, 4.69) is 36.9 Å². The lowest BCUT2D eigenvalue weighted by molar-refractivity contribution is -0.0256. The maximum absolute atomic E-state index is 12.0. The molecule has 1 fully saturated rings. The van der Waals surface area contributed by atoms with Crippen molar-refractivity contribution < 1.29 is 19.3 Å². The predicted octanol–water partition coefficient (Wildman–Crippen LogP) is 4.40. The Kier molecular flexibility index (Phi) is 8.56. The third kappa shape index (κ3) is 5.53. The van der Waals surface area contributed by atoms with Gasteiger partial charge in [-0.25, -0.2) is 0 Å². The van der Waals surface area contributed by atoms with Crippen LogP contribution < -0.4 is 15.8 Å². The number of anilines is 2. The van der Waals surface area contributed by atoms with Gasteiger partial charge in [-0.2, -0.15) is 0 Å². The maximum Gasteiger partial charge on any atom is 0.268 e. The van der Waals surface area contributed by atoms with E-state index in [1.54, 1.807) is 19.2 Å². The molecule has 2 unspecified atom stereocenters. The molecule has 3 aromatic rings. The Hall–Kier alpha value is -3.00. The summed E-state index contributed by atoms with van der Waals surface area (Å²) in [6.45, 7) is 6.37. The van der Waals surface area contributed by atoms with Gasteiger partial charge in [0.25, 0.3) is 5.43 Å². The lowest BCUT2D eigenvalue weighted by Gasteiger charge is -2.42. The number of nitrogens with zero attached hydrogens (tertiary/aromatic N) is 1. The molecular weight excluding hydrogens is 458 g/mol. The van der Waals surface area contributed by atoms with Crippen molar-refractivity contribution in [2.45, 2.75) is 51.7 Å². The van der Waals surface area contributed by atoms with E-state index in [-0.39, 0.29) is 17.7 Å². The predicted molar refractivity (Wildman–Crippen MR) is 141 cm³/mol. The number of methoxy groups -OCH3 is 1. The van der Waals surface area contributed by atoms with Gasteiger partial charge in [0.1, 0.15) is 0 Å². The molecule has 0 amide bonds. The van der Waals surface area contributed by atoms with Gasteiger partial charge >= 0.3 is 0 Å². The highest BCUT2D eigenvalue weighted by Crippen LogP contribution is 2.38. The molecule has 0 bridgehead atoms. The van der Waals surface area contributed by atoms with Crippen molar-refractivity contribution >= 4 is 11.4 Å². The Morgan fingerprint density at radius 2 is 1.64 bits per heavy atom. The van der Waals surface area contributed by atoms with Crippen molar-refractivity contribution in [3.8, 4) is 16.9 Å². The van der Waals surface area contributed by atoms with Crippen molar-refractivity contribution in [3.05, 3.63) is 74.0 Å². The molecule has 0 radical (unpaired) electrons. The van der Waals surface area contributed by atoms with Crippen LogP contribution in [0.5, 0.6) is 5.75 Å². The normalized spacial score (nSPS) is 18.0. The monoisotopic (exact) mass is 493 g/mol. The molecule has 0 saturated heterocycles. The quantitative estimate of drug-likeness (QED) is 0.313. The van der Waals surface area contributed by atoms with Gasteiger partial charge in [-0.05, 0) is 56.0 Å². The number of aromatic hydroxyl groups is 1. The molecule has 4 rings (SSSR count). The van der Waals surface area contributed by atoms with Gasteiger partial charge in [0, 0.05) is 18.5 Å². The molecule has 3 aromatic carbocycles. The van der Waals surface area contributed by atoms with Crippen LogP contribution in [0.2, 0.25) is 0 Å². The number of hydrogen-bond acceptors (Lipinski definition) is 7. The van der Waals surface area contributed by atoms with E-state index in [4.69, 9.17) is 14.2 Å². The average Bonchev–Trinajstić information content (AvgIpc) is 2.89. The van der Waals surface area contributed by atoms with Gasteiger partial charge in [0.2, 0.25) is 5.43 Å². The maximum atomic E-state index is 12.0. The van der Waals surface area contributed by atoms with Gasteiger partial charge in [-0.3, -0.25) is 9.59 Å². The van der Waals surface area contributed by atoms with Crippen LogP contribution in [-0.2, 0) is 14.2 Å². The highest BCUT2D eigenvalue weighted by atomic mass is 16.5. The van der Waals surface area contributed by atoms with E-state index >= 15 is 0 Å². The van der Waals surface area contributed by atoms with Crippen LogP contribution in [0.15, 0.2) is 52.1 Å². The Bertz CT molecular complexity index is 1230. The zero-order chi connectivity index (χ0) is 25.7. The van der Waals surface area contributed by atoms with Gasteiger partial charge in [-0.1, -0.05) is 42.7 Å². The molecular formula is C29H35NO6. The number of ether oxygens (including phenoxy) is 3. The first-order chi connectivity index (χ1) is 17.4. The summed E-state index contributed by atoms with van der Waals surface area (Å²) in [4.78, 5) is 25.8. The summed E-state index contributed by atoms with van der Waals surface area (Å²) in [6.07, 6.45) is 4.24. The number of rotatable bonds is 11. The number of aryl methyl sites for hydroxylation is 2. The van der Waals surface area contributed by atoms with Crippen LogP contribution >= 0.6 is 0 Å². The van der Waals surface area contributed by atoms with Crippen LogP contribution in [0.25, 0.3) is 11.1 Å². The summed E-state index contributed by atoms with van der Waals surface area (Å²) >= 11 is 0. The van der Waals surface area contributed by atoms with Crippen LogP contribution in [0.3, 0.4) is 0 Å². The minimum atomic E-state index is -0.820. The third-order valence-electron chi connectivity index (χ3n) is 6.92. The smallest absolute Gasteiger partial charge is 0.268 e. The van der Waals surface area contributed by atoms with E-state index in [9.17, 15) is 14.7 Å². The van der Waals surface area contributed by atoms with Crippen molar-refractivity contribution in [3.63, 3.8) is 0 Å². The molecule has 1 aliphatic rings. The lowest BCUT2D eigenvalue weighted by Crippen LogP contribution is -2.45. The summed E-state index contributed by atoms with van der Waals surface area (Å²) in [5.74, 6) is -0.451. The van der Waals surface area contributed by atoms with E-state index < -0.39 is 16.6 Å². The molecule has 2 atom stereocenters. The highest BCUT2D eigenvalue weighted by Gasteiger charge is 2.33.